The Morgan fingerprint density at radius 1 is 0.971 bits per heavy atom. The maximum Gasteiger partial charge on any atom is 0.288 e. The predicted molar refractivity (Wildman–Crippen MR) is 138 cm³/mol. The Labute approximate surface area is 213 Å². The van der Waals surface area contributed by atoms with Crippen LogP contribution >= 0.6 is 22.6 Å². The van der Waals surface area contributed by atoms with E-state index in [1.54, 1.807) is 6.07 Å². The zero-order valence-corrected chi connectivity index (χ0v) is 21.5. The molecule has 1 aromatic carbocycles. The number of rotatable bonds is 4. The van der Waals surface area contributed by atoms with Crippen molar-refractivity contribution < 1.29 is 9.59 Å². The minimum absolute atomic E-state index is 0.261. The van der Waals surface area contributed by atoms with Crippen LogP contribution in [0.5, 0.6) is 0 Å². The van der Waals surface area contributed by atoms with Gasteiger partial charge in [0.1, 0.15) is 5.69 Å². The summed E-state index contributed by atoms with van der Waals surface area (Å²) in [6.45, 7) is 5.71. The highest BCUT2D eigenvalue weighted by molar-refractivity contribution is 14.1. The fourth-order valence-electron chi connectivity index (χ4n) is 5.47. The first kappa shape index (κ1) is 22.1. The molecule has 9 heteroatoms. The second kappa shape index (κ2) is 8.35. The molecule has 2 amide bonds. The molecule has 1 spiro atoms. The summed E-state index contributed by atoms with van der Waals surface area (Å²) in [5.74, 6) is 1.33. The number of halogens is 1. The highest BCUT2D eigenvalue weighted by Gasteiger charge is 2.46. The maximum absolute atomic E-state index is 13.1. The van der Waals surface area contributed by atoms with E-state index < -0.39 is 5.91 Å². The molecule has 3 heterocycles. The van der Waals surface area contributed by atoms with Gasteiger partial charge < -0.3 is 9.80 Å². The second-order valence-electron chi connectivity index (χ2n) is 10.4. The van der Waals surface area contributed by atoms with Gasteiger partial charge in [0.2, 0.25) is 5.95 Å². The lowest BCUT2D eigenvalue weighted by Gasteiger charge is -2.35. The van der Waals surface area contributed by atoms with Gasteiger partial charge in [-0.2, -0.15) is 0 Å². The summed E-state index contributed by atoms with van der Waals surface area (Å²) >= 11 is 2.28. The van der Waals surface area contributed by atoms with Crippen molar-refractivity contribution in [3.8, 4) is 0 Å². The molecule has 1 aromatic heterocycles. The lowest BCUT2D eigenvalue weighted by Crippen LogP contribution is -2.43. The highest BCUT2D eigenvalue weighted by atomic mass is 127. The van der Waals surface area contributed by atoms with Gasteiger partial charge in [-0.25, -0.2) is 9.97 Å². The number of aryl methyl sites for hydroxylation is 1. The van der Waals surface area contributed by atoms with E-state index in [4.69, 9.17) is 0 Å². The normalized spacial score (nSPS) is 24.1. The van der Waals surface area contributed by atoms with E-state index in [-0.39, 0.29) is 11.6 Å². The van der Waals surface area contributed by atoms with Crippen molar-refractivity contribution >= 4 is 46.0 Å². The molecule has 0 bridgehead atoms. The number of amides is 2. The lowest BCUT2D eigenvalue weighted by atomic mass is 9.93. The molecule has 2 N–H and O–H groups in total. The summed E-state index contributed by atoms with van der Waals surface area (Å²) in [5.41, 5.74) is 8.24. The quantitative estimate of drug-likeness (QED) is 0.432. The molecular formula is C25H29IN6O2. The van der Waals surface area contributed by atoms with Gasteiger partial charge in [-0.3, -0.25) is 20.4 Å². The molecule has 2 unspecified atom stereocenters. The number of benzene rings is 1. The van der Waals surface area contributed by atoms with Crippen LogP contribution in [0.4, 0.5) is 11.6 Å². The fourth-order valence-corrected chi connectivity index (χ4v) is 5.95. The molecule has 178 valence electrons. The number of hydrazine groups is 1. The maximum atomic E-state index is 13.1. The van der Waals surface area contributed by atoms with Crippen LogP contribution in [-0.2, 0) is 0 Å². The van der Waals surface area contributed by atoms with Crippen molar-refractivity contribution in [1.29, 1.82) is 0 Å². The molecular weight excluding hydrogens is 543 g/mol. The molecule has 2 saturated carbocycles. The summed E-state index contributed by atoms with van der Waals surface area (Å²) in [4.78, 5) is 39.4. The molecule has 4 fully saturated rings. The van der Waals surface area contributed by atoms with Crippen molar-refractivity contribution in [3.05, 3.63) is 44.8 Å². The Balaban J connectivity index is 1.13. The van der Waals surface area contributed by atoms with Gasteiger partial charge in [0.05, 0.1) is 11.3 Å². The lowest BCUT2D eigenvalue weighted by molar-refractivity contribution is 0.0844. The molecule has 4 aliphatic rings. The van der Waals surface area contributed by atoms with Gasteiger partial charge in [0.25, 0.3) is 11.8 Å². The van der Waals surface area contributed by atoms with Crippen molar-refractivity contribution in [3.63, 3.8) is 0 Å². The monoisotopic (exact) mass is 572 g/mol. The summed E-state index contributed by atoms with van der Waals surface area (Å²) in [7, 11) is 0. The summed E-state index contributed by atoms with van der Waals surface area (Å²) < 4.78 is 1.09. The number of carbonyl (C=O) groups excluding carboxylic acids is 2. The minimum atomic E-state index is -0.440. The third-order valence-corrected chi connectivity index (χ3v) is 8.62. The number of aromatic nitrogens is 2. The fraction of sp³-hybridized carbons (Fsp3) is 0.520. The standard InChI is InChI=1S/C25H29IN6O2/c1-15-10-20(28-24(27-15)32-13-16-11-17(16)14-32)23(34)30-29-22(33)19-3-2-18(26)12-21(19)31-8-6-25(4-5-25)7-9-31/h2-3,10,12,16-17H,4-9,11,13-14H2,1H3,(H,29,33)(H,30,34). The van der Waals surface area contributed by atoms with E-state index in [1.807, 2.05) is 19.1 Å². The van der Waals surface area contributed by atoms with Gasteiger partial charge in [0.15, 0.2) is 0 Å². The van der Waals surface area contributed by atoms with Gasteiger partial charge in [-0.05, 0) is 103 Å². The Bertz CT molecular complexity index is 1150. The molecule has 6 rings (SSSR count). The number of fused-ring (bicyclic) bond motifs is 1. The minimum Gasteiger partial charge on any atom is -0.371 e. The van der Waals surface area contributed by atoms with Crippen LogP contribution < -0.4 is 20.7 Å². The van der Waals surface area contributed by atoms with Crippen LogP contribution in [-0.4, -0.2) is 48.0 Å². The first-order valence-electron chi connectivity index (χ1n) is 12.1. The highest BCUT2D eigenvalue weighted by Crippen LogP contribution is 2.54. The zero-order valence-electron chi connectivity index (χ0n) is 19.3. The first-order chi connectivity index (χ1) is 16.4. The van der Waals surface area contributed by atoms with Crippen LogP contribution in [0, 0.1) is 27.7 Å². The number of hydrogen-bond donors (Lipinski definition) is 2. The smallest absolute Gasteiger partial charge is 0.288 e. The molecule has 2 aliphatic heterocycles. The number of nitrogens with one attached hydrogen (secondary N) is 2. The molecule has 2 atom stereocenters. The largest absolute Gasteiger partial charge is 0.371 e. The SMILES string of the molecule is Cc1cc(C(=O)NNC(=O)c2ccc(I)cc2N2CCC3(CC2)CC3)nc(N2CC3CC3C2)n1. The van der Waals surface area contributed by atoms with E-state index in [0.29, 0.717) is 16.9 Å². The Kier molecular flexibility index (Phi) is 5.42. The first-order valence-corrected chi connectivity index (χ1v) is 13.2. The molecule has 2 aliphatic carbocycles. The summed E-state index contributed by atoms with van der Waals surface area (Å²) in [5, 5.41) is 0. The van der Waals surface area contributed by atoms with E-state index in [9.17, 15) is 9.59 Å². The Hall–Kier alpha value is -2.43. The molecule has 2 aromatic rings. The Morgan fingerprint density at radius 3 is 2.38 bits per heavy atom. The summed E-state index contributed by atoms with van der Waals surface area (Å²) in [6.07, 6.45) is 6.35. The van der Waals surface area contributed by atoms with E-state index in [2.05, 4.69) is 59.3 Å². The zero-order chi connectivity index (χ0) is 23.4. The van der Waals surface area contributed by atoms with Crippen molar-refractivity contribution in [1.82, 2.24) is 20.8 Å². The van der Waals surface area contributed by atoms with Crippen molar-refractivity contribution in [2.24, 2.45) is 17.3 Å². The second-order valence-corrected chi connectivity index (χ2v) is 11.7. The topological polar surface area (TPSA) is 90.5 Å². The van der Waals surface area contributed by atoms with Gasteiger partial charge in [0, 0.05) is 35.4 Å². The van der Waals surface area contributed by atoms with Gasteiger partial charge >= 0.3 is 0 Å². The molecule has 8 nitrogen and oxygen atoms in total. The molecule has 0 radical (unpaired) electrons. The predicted octanol–water partition coefficient (Wildman–Crippen LogP) is 3.30. The van der Waals surface area contributed by atoms with Gasteiger partial charge in [-0.15, -0.1) is 0 Å². The molecule has 2 saturated heterocycles. The third kappa shape index (κ3) is 4.34. The van der Waals surface area contributed by atoms with E-state index >= 15 is 0 Å². The number of anilines is 2. The average Bonchev–Trinajstić information content (AvgIpc) is 3.74. The van der Waals surface area contributed by atoms with Crippen LogP contribution in [0.25, 0.3) is 0 Å². The van der Waals surface area contributed by atoms with Crippen molar-refractivity contribution in [2.45, 2.75) is 39.0 Å². The van der Waals surface area contributed by atoms with Crippen LogP contribution in [0.2, 0.25) is 0 Å². The number of carbonyl (C=O) groups is 2. The van der Waals surface area contributed by atoms with Crippen molar-refractivity contribution in [2.75, 3.05) is 36.0 Å². The number of nitrogens with zero attached hydrogens (tertiary/aromatic N) is 4. The van der Waals surface area contributed by atoms with Crippen LogP contribution in [0.3, 0.4) is 0 Å². The number of hydrogen-bond acceptors (Lipinski definition) is 6. The van der Waals surface area contributed by atoms with Crippen LogP contribution in [0.1, 0.15) is 58.6 Å². The van der Waals surface area contributed by atoms with E-state index in [1.165, 1.54) is 32.1 Å². The molecule has 34 heavy (non-hydrogen) atoms. The number of piperidine rings is 2. The Morgan fingerprint density at radius 2 is 1.68 bits per heavy atom. The average molecular weight is 572 g/mol. The van der Waals surface area contributed by atoms with Gasteiger partial charge in [-0.1, -0.05) is 0 Å². The van der Waals surface area contributed by atoms with E-state index in [0.717, 1.165) is 53.0 Å². The van der Waals surface area contributed by atoms with Crippen LogP contribution in [0.15, 0.2) is 24.3 Å². The summed E-state index contributed by atoms with van der Waals surface area (Å²) in [6, 6.07) is 7.47. The third-order valence-electron chi connectivity index (χ3n) is 7.95.